The minimum absolute atomic E-state index is 0. The fourth-order valence-corrected chi connectivity index (χ4v) is 0.402. The second-order valence-corrected chi connectivity index (χ2v) is 2.95. The van der Waals surface area contributed by atoms with Gasteiger partial charge in [-0.05, 0) is 0 Å². The zero-order chi connectivity index (χ0) is 4.86. The summed E-state index contributed by atoms with van der Waals surface area (Å²) in [5.41, 5.74) is 0. The van der Waals surface area contributed by atoms with E-state index >= 15 is 0 Å². The van der Waals surface area contributed by atoms with Crippen molar-refractivity contribution in [1.29, 1.82) is 0 Å². The van der Waals surface area contributed by atoms with Crippen LogP contribution in [-0.4, -0.2) is 33.5 Å². The zero-order valence-electron chi connectivity index (χ0n) is 2.94. The van der Waals surface area contributed by atoms with Gasteiger partial charge in [-0.2, -0.15) is 0 Å². The molecule has 8 heavy (non-hydrogen) atoms. The van der Waals surface area contributed by atoms with Crippen molar-refractivity contribution >= 4 is 26.6 Å². The minimum atomic E-state index is -4.80. The van der Waals surface area contributed by atoms with E-state index in [1.165, 1.54) is 0 Å². The Kier molecular flexibility index (Phi) is 3.80. The Morgan fingerprint density at radius 1 is 1.00 bits per heavy atom. The van der Waals surface area contributed by atoms with Gasteiger partial charge in [0.15, 0.2) is 0 Å². The third-order valence-corrected chi connectivity index (χ3v) is 0.824. The van der Waals surface area contributed by atoms with Crippen LogP contribution in [0, 0.1) is 0 Å². The van der Waals surface area contributed by atoms with Gasteiger partial charge in [-0.15, -0.1) is 0 Å². The fourth-order valence-electron chi connectivity index (χ4n) is 0.0447. The summed E-state index contributed by atoms with van der Waals surface area (Å²) in [7, 11) is -4.80. The summed E-state index contributed by atoms with van der Waals surface area (Å²) in [5, 5.41) is 0. The molecule has 1 aliphatic rings. The van der Waals surface area contributed by atoms with E-state index in [0.29, 0.717) is 0 Å². The molecule has 1 heterocycles. The van der Waals surface area contributed by atoms with Crippen molar-refractivity contribution in [3.8, 4) is 0 Å². The van der Waals surface area contributed by atoms with E-state index < -0.39 is 7.74 Å². The molecule has 1 fully saturated rings. The quantitative estimate of drug-likeness (QED) is 0.181. The average molecular weight is 181 g/mol. The summed E-state index contributed by atoms with van der Waals surface area (Å²) in [6.07, 6.45) is 0. The molecule has 5 nitrogen and oxygen atoms in total. The van der Waals surface area contributed by atoms with E-state index in [-0.39, 0.29) is 35.6 Å². The summed E-state index contributed by atoms with van der Waals surface area (Å²) in [4.78, 5) is 23.7. The van der Waals surface area contributed by atoms with Crippen molar-refractivity contribution < 1.29 is 40.8 Å². The van der Waals surface area contributed by atoms with Gasteiger partial charge >= 0.3 is 50.6 Å². The molecule has 0 aromatic rings. The Bertz CT molecular complexity index is 76.2. The molecule has 1 rings (SSSR count). The van der Waals surface area contributed by atoms with Gasteiger partial charge in [-0.1, -0.05) is 0 Å². The van der Waals surface area contributed by atoms with Gasteiger partial charge in [0.25, 0.3) is 0 Å². The molecule has 0 bridgehead atoms. The van der Waals surface area contributed by atoms with Crippen LogP contribution in [0.3, 0.4) is 0 Å². The molecule has 1 radical (unpaired) electrons. The first-order valence-corrected chi connectivity index (χ1v) is 3.06. The topological polar surface area (TPSA) is 85.8 Å². The van der Waals surface area contributed by atoms with Crippen LogP contribution in [0.2, 0.25) is 0 Å². The summed E-state index contributed by atoms with van der Waals surface area (Å²) in [5.74, 6) is 0. The van der Waals surface area contributed by atoms with Crippen LogP contribution in [0.4, 0.5) is 0 Å². The zero-order valence-corrected chi connectivity index (χ0v) is 4.87. The second-order valence-electron chi connectivity index (χ2n) is 0.982. The summed E-state index contributed by atoms with van der Waals surface area (Å²) in [6, 6.07) is 0. The Hall–Kier alpha value is 1.33. The first-order valence-electron chi connectivity index (χ1n) is 1.13. The van der Waals surface area contributed by atoms with Crippen LogP contribution in [0.5, 0.6) is 0 Å². The molecule has 8 heteroatoms. The molecule has 0 unspecified atom stereocenters. The first kappa shape index (κ1) is 12.1. The van der Waals surface area contributed by atoms with Gasteiger partial charge in [0, 0.05) is 16.8 Å². The van der Waals surface area contributed by atoms with E-state index in [2.05, 4.69) is 9.35 Å². The van der Waals surface area contributed by atoms with Crippen LogP contribution in [0.1, 0.15) is 0 Å². The van der Waals surface area contributed by atoms with Gasteiger partial charge in [0.2, 0.25) is 0 Å². The van der Waals surface area contributed by atoms with Gasteiger partial charge in [-0.25, -0.2) is 0 Å². The molecule has 0 aliphatic carbocycles. The molecule has 3 N–H and O–H groups in total. The van der Waals surface area contributed by atoms with E-state index in [4.69, 9.17) is 14.7 Å². The molecular weight excluding hydrogens is 177 g/mol. The molecule has 0 amide bonds. The molecule has 1 aliphatic heterocycles. The Morgan fingerprint density at radius 3 is 1.12 bits per heavy atom. The maximum atomic E-state index is 7.89. The maximum absolute atomic E-state index is 7.89. The molecule has 0 atom stereocenters. The van der Waals surface area contributed by atoms with E-state index in [1.807, 2.05) is 0 Å². The molecule has 0 aromatic heterocycles. The third-order valence-electron chi connectivity index (χ3n) is 0.275. The average Bonchev–Trinajstić information content (AvgIpc) is 1.73. The first-order chi connectivity index (χ1) is 2.47. The molecule has 0 aromatic carbocycles. The van der Waals surface area contributed by atoms with Crippen molar-refractivity contribution in [2.45, 2.75) is 0 Å². The summed E-state index contributed by atoms with van der Waals surface area (Å²) >= 11 is 0. The van der Waals surface area contributed by atoms with Crippen LogP contribution in [0.15, 0.2) is 0 Å². The van der Waals surface area contributed by atoms with Crippen LogP contribution in [0.25, 0.3) is 0 Å². The van der Waals surface area contributed by atoms with Crippen LogP contribution < -0.4 is 0 Å². The van der Waals surface area contributed by atoms with Crippen molar-refractivity contribution in [3.63, 3.8) is 0 Å². The Morgan fingerprint density at radius 2 is 1.12 bits per heavy atom. The van der Waals surface area contributed by atoms with Crippen LogP contribution >= 0.6 is 7.74 Å². The summed E-state index contributed by atoms with van der Waals surface area (Å²) < 4.78 is 6.76. The second kappa shape index (κ2) is 2.52. The Labute approximate surface area is 67.6 Å². The molecule has 0 saturated carbocycles. The number of hydrogen-bond donors (Lipinski definition) is 3. The predicted octanol–water partition coefficient (Wildman–Crippen LogP) is -1.60. The normalized spacial score (nSPS) is 32.1. The third kappa shape index (κ3) is 4.24. The molecule has 1 saturated heterocycles. The molecule has 0 spiro atoms. The monoisotopic (exact) mass is 181 g/mol. The van der Waals surface area contributed by atoms with Crippen molar-refractivity contribution in [1.82, 2.24) is 0 Å². The number of rotatable bonds is 0. The van der Waals surface area contributed by atoms with E-state index in [0.717, 1.165) is 0 Å². The van der Waals surface area contributed by atoms with Gasteiger partial charge in [0.1, 0.15) is 0 Å². The van der Waals surface area contributed by atoms with Gasteiger partial charge < -0.3 is 0 Å². The van der Waals surface area contributed by atoms with Crippen molar-refractivity contribution in [3.05, 3.63) is 0 Å². The summed E-state index contributed by atoms with van der Waals surface area (Å²) in [6.45, 7) is 0. The Balaban J connectivity index is 0. The van der Waals surface area contributed by atoms with E-state index in [1.54, 1.807) is 0 Å². The number of hydrogen-bond acceptors (Lipinski definition) is 5. The molecule has 49 valence electrons. The van der Waals surface area contributed by atoms with Gasteiger partial charge in [0.05, 0.1) is 0 Å². The van der Waals surface area contributed by atoms with Crippen LogP contribution in [-0.2, 0) is 26.1 Å². The predicted molar refractivity (Wildman–Crippen MR) is 22.9 cm³/mol. The SMILES string of the molecule is OP1(O)(O)OO1.[Co].[LiH]. The van der Waals surface area contributed by atoms with Crippen molar-refractivity contribution in [2.75, 3.05) is 0 Å². The molecular formula is H4CoLiO5P. The van der Waals surface area contributed by atoms with Crippen molar-refractivity contribution in [2.24, 2.45) is 0 Å². The standard InChI is InChI=1S/Co.Li.H3O5P.H/c;;1-6(2,3)4-5-6;/h;;1-3H;. The van der Waals surface area contributed by atoms with E-state index in [9.17, 15) is 0 Å². The fraction of sp³-hybridized carbons (Fsp3) is 0. The van der Waals surface area contributed by atoms with Gasteiger partial charge in [-0.3, -0.25) is 0 Å².